The zero-order valence-electron chi connectivity index (χ0n) is 46.6. The van der Waals surface area contributed by atoms with Crippen molar-refractivity contribution in [3.05, 3.63) is 70.8 Å². The van der Waals surface area contributed by atoms with E-state index < -0.39 is 115 Å². The number of thioether (sulfide) groups is 2. The lowest BCUT2D eigenvalue weighted by Gasteiger charge is -2.34. The summed E-state index contributed by atoms with van der Waals surface area (Å²) >= 11 is 2.94. The number of carboxylic acid groups (broad SMARTS) is 1. The molecule has 3 heterocycles. The number of hydrogen-bond donors (Lipinski definition) is 8. The molecule has 430 valence electrons. The SMILES string of the molecule is CCCC[C@H](NC(C)C)C(=O)N[C@H]1CSCc2cc(cc(C(C)C)c2)CSC[C@@H](C(=O)C(C)C)NC(=O)[C@H](Cc2ccccc2)NC(=O)[C@H](CCC(=O)O)NC(=O)[C@H]([C@@H](C)O)NC(=O)[C@@H]2CCCN2C(=O)[C@@H]2CCCN2C1=O. The Kier molecular flexibility index (Phi) is 25.0. The number of nitrogens with one attached hydrogen (secondary N) is 6. The minimum atomic E-state index is -1.68. The number of amides is 7. The van der Waals surface area contributed by atoms with Crippen molar-refractivity contribution in [3.63, 3.8) is 0 Å². The highest BCUT2D eigenvalue weighted by molar-refractivity contribution is 7.98. The average Bonchev–Trinajstić information content (AvgIpc) is 4.12. The maximum atomic E-state index is 14.9. The van der Waals surface area contributed by atoms with Crippen LogP contribution < -0.4 is 31.9 Å². The van der Waals surface area contributed by atoms with E-state index in [1.165, 1.54) is 40.2 Å². The second-order valence-electron chi connectivity index (χ2n) is 21.8. The molecule has 9 atom stereocenters. The molecule has 2 aromatic carbocycles. The summed E-state index contributed by atoms with van der Waals surface area (Å²) in [6, 6.07) is 6.01. The fraction of sp³-hybridized carbons (Fsp3) is 0.632. The summed E-state index contributed by atoms with van der Waals surface area (Å²) < 4.78 is 0. The van der Waals surface area contributed by atoms with E-state index >= 15 is 0 Å². The number of fused-ring (bicyclic) bond motifs is 4. The fourth-order valence-corrected chi connectivity index (χ4v) is 12.0. The van der Waals surface area contributed by atoms with E-state index in [2.05, 4.69) is 63.9 Å². The molecule has 0 radical (unpaired) electrons. The van der Waals surface area contributed by atoms with Gasteiger partial charge in [-0.05, 0) is 73.6 Å². The van der Waals surface area contributed by atoms with Crippen molar-refractivity contribution in [2.24, 2.45) is 5.92 Å². The number of nitrogens with zero attached hydrogens (tertiary/aromatic N) is 2. The van der Waals surface area contributed by atoms with Crippen LogP contribution in [0.3, 0.4) is 0 Å². The van der Waals surface area contributed by atoms with Gasteiger partial charge in [-0.3, -0.25) is 43.2 Å². The number of benzene rings is 2. The number of rotatable bonds is 16. The van der Waals surface area contributed by atoms with Gasteiger partial charge in [0.25, 0.3) is 0 Å². The lowest BCUT2D eigenvalue weighted by atomic mass is 9.99. The average molecular weight is 1120 g/mol. The molecule has 0 saturated carbocycles. The quantitative estimate of drug-likeness (QED) is 0.118. The number of ketones is 1. The van der Waals surface area contributed by atoms with Gasteiger partial charge >= 0.3 is 5.97 Å². The van der Waals surface area contributed by atoms with Gasteiger partial charge < -0.3 is 51.9 Å². The molecule has 0 unspecified atom stereocenters. The Morgan fingerprint density at radius 2 is 1.33 bits per heavy atom. The third-order valence-corrected chi connectivity index (χ3v) is 16.5. The zero-order chi connectivity index (χ0) is 57.2. The van der Waals surface area contributed by atoms with Gasteiger partial charge in [-0.2, -0.15) is 23.5 Å². The molecular weight excluding hydrogens is 1040 g/mol. The Balaban J connectivity index is 1.56. The molecule has 2 aromatic rings. The Morgan fingerprint density at radius 1 is 0.731 bits per heavy atom. The van der Waals surface area contributed by atoms with Crippen LogP contribution >= 0.6 is 23.5 Å². The van der Waals surface area contributed by atoms with Gasteiger partial charge in [0.05, 0.1) is 18.2 Å². The summed E-state index contributed by atoms with van der Waals surface area (Å²) in [5.41, 5.74) is 3.71. The number of unbranched alkanes of at least 4 members (excludes halogenated alkanes) is 1. The summed E-state index contributed by atoms with van der Waals surface area (Å²) in [5.74, 6) is -5.07. The van der Waals surface area contributed by atoms with E-state index in [0.29, 0.717) is 42.8 Å². The van der Waals surface area contributed by atoms with Crippen LogP contribution in [0.4, 0.5) is 0 Å². The molecule has 19 nitrogen and oxygen atoms in total. The predicted octanol–water partition coefficient (Wildman–Crippen LogP) is 3.97. The molecule has 3 aliphatic heterocycles. The first kappa shape index (κ1) is 63.3. The van der Waals surface area contributed by atoms with Gasteiger partial charge in [-0.25, -0.2) is 0 Å². The van der Waals surface area contributed by atoms with E-state index in [9.17, 15) is 53.4 Å². The number of carboxylic acids is 1. The maximum Gasteiger partial charge on any atom is 0.303 e. The molecular formula is C57H84N8O11S2. The van der Waals surface area contributed by atoms with Crippen molar-refractivity contribution < 1.29 is 53.4 Å². The lowest BCUT2D eigenvalue weighted by Crippen LogP contribution is -2.61. The Labute approximate surface area is 468 Å². The summed E-state index contributed by atoms with van der Waals surface area (Å²) in [4.78, 5) is 130. The van der Waals surface area contributed by atoms with Crippen molar-refractivity contribution in [1.82, 2.24) is 41.7 Å². The zero-order valence-corrected chi connectivity index (χ0v) is 48.3. The van der Waals surface area contributed by atoms with E-state index in [-0.39, 0.29) is 61.1 Å². The van der Waals surface area contributed by atoms with Crippen LogP contribution in [-0.2, 0) is 61.1 Å². The van der Waals surface area contributed by atoms with Crippen LogP contribution in [0.15, 0.2) is 48.5 Å². The van der Waals surface area contributed by atoms with Crippen molar-refractivity contribution in [2.75, 3.05) is 24.6 Å². The van der Waals surface area contributed by atoms with Crippen molar-refractivity contribution in [1.29, 1.82) is 0 Å². The van der Waals surface area contributed by atoms with Crippen LogP contribution in [0, 0.1) is 5.92 Å². The highest BCUT2D eigenvalue weighted by atomic mass is 32.2. The van der Waals surface area contributed by atoms with Gasteiger partial charge in [0.15, 0.2) is 5.78 Å². The highest BCUT2D eigenvalue weighted by Gasteiger charge is 2.45. The van der Waals surface area contributed by atoms with Crippen molar-refractivity contribution in [2.45, 2.75) is 198 Å². The van der Waals surface area contributed by atoms with Crippen LogP contribution in [-0.4, -0.2) is 158 Å². The van der Waals surface area contributed by atoms with Crippen molar-refractivity contribution in [3.8, 4) is 0 Å². The summed E-state index contributed by atoms with van der Waals surface area (Å²) in [7, 11) is 0. The first-order valence-corrected chi connectivity index (χ1v) is 30.0. The van der Waals surface area contributed by atoms with E-state index in [1.54, 1.807) is 44.2 Å². The van der Waals surface area contributed by atoms with Crippen molar-refractivity contribution >= 4 is 76.6 Å². The fourth-order valence-electron chi connectivity index (χ4n) is 10.1. The molecule has 3 aliphatic rings. The van der Waals surface area contributed by atoms with Crippen LogP contribution in [0.25, 0.3) is 0 Å². The van der Waals surface area contributed by atoms with Gasteiger partial charge in [0, 0.05) is 60.9 Å². The molecule has 2 saturated heterocycles. The van der Waals surface area contributed by atoms with Gasteiger partial charge in [-0.15, -0.1) is 0 Å². The monoisotopic (exact) mass is 1120 g/mol. The topological polar surface area (TPSA) is 273 Å². The first-order chi connectivity index (χ1) is 37.1. The summed E-state index contributed by atoms with van der Waals surface area (Å²) in [5, 5.41) is 37.8. The van der Waals surface area contributed by atoms with Crippen LogP contribution in [0.5, 0.6) is 0 Å². The Bertz CT molecular complexity index is 2410. The molecule has 0 aromatic heterocycles. The number of aliphatic carboxylic acids is 1. The number of aliphatic hydroxyl groups excluding tert-OH is 1. The normalized spacial score (nSPS) is 24.5. The lowest BCUT2D eigenvalue weighted by molar-refractivity contribution is -0.148. The Hall–Kier alpha value is -5.51. The molecule has 2 fully saturated rings. The van der Waals surface area contributed by atoms with E-state index in [0.717, 1.165) is 29.5 Å². The smallest absolute Gasteiger partial charge is 0.303 e. The second kappa shape index (κ2) is 30.7. The first-order valence-electron chi connectivity index (χ1n) is 27.7. The molecule has 0 aliphatic carbocycles. The number of Topliss-reactive ketones (excluding diaryl/α,β-unsaturated/α-hetero) is 1. The summed E-state index contributed by atoms with van der Waals surface area (Å²) in [6.45, 7) is 15.3. The number of carbonyl (C=O) groups excluding carboxylic acids is 8. The van der Waals surface area contributed by atoms with Gasteiger partial charge in [-0.1, -0.05) is 110 Å². The highest BCUT2D eigenvalue weighted by Crippen LogP contribution is 2.29. The molecule has 21 heteroatoms. The number of aliphatic hydroxyl groups is 1. The van der Waals surface area contributed by atoms with Gasteiger partial charge in [0.1, 0.15) is 36.3 Å². The number of carbonyl (C=O) groups is 9. The summed E-state index contributed by atoms with van der Waals surface area (Å²) in [6.07, 6.45) is 1.08. The molecule has 8 N–H and O–H groups in total. The van der Waals surface area contributed by atoms with Crippen LogP contribution in [0.1, 0.15) is 141 Å². The second-order valence-corrected chi connectivity index (χ2v) is 23.9. The third-order valence-electron chi connectivity index (χ3n) is 14.3. The van der Waals surface area contributed by atoms with Crippen LogP contribution in [0.2, 0.25) is 0 Å². The largest absolute Gasteiger partial charge is 0.481 e. The molecule has 2 bridgehead atoms. The minimum Gasteiger partial charge on any atom is -0.481 e. The number of hydrogen-bond acceptors (Lipinski definition) is 13. The predicted molar refractivity (Wildman–Crippen MR) is 302 cm³/mol. The minimum absolute atomic E-state index is 0.0103. The van der Waals surface area contributed by atoms with Gasteiger partial charge in [0.2, 0.25) is 41.4 Å². The Morgan fingerprint density at radius 3 is 1.92 bits per heavy atom. The standard InChI is InChI=1S/C57H84N8O11S2/c1-9-10-18-41(58-35(6)7)51(70)62-45-32-78-30-39-25-38(26-40(27-39)33(2)3)29-77-31-44(50(69)34(4)5)61-53(72)43(28-37-16-12-11-13-17-37)60-52(71)42(21-22-48(67)68)59-55(74)49(36(8)66)63-54(73)46-19-14-23-64(46)57(76)47-20-15-24-65(47)56(45)75/h11-13,16-17,25-27,33-36,41-47,49,58,66H,9-10,14-15,18-24,28-32H2,1-8H3,(H,59,74)(H,60,71)(H,61,72)(H,62,70)(H,63,73)(H,67,68)/t36-,41+,42+,43+,44+,45+,46+,47+,49+/m1/s1. The molecule has 5 rings (SSSR count). The molecule has 7 amide bonds. The molecule has 0 spiro atoms. The van der Waals surface area contributed by atoms with E-state index in [1.807, 2.05) is 20.8 Å². The maximum absolute atomic E-state index is 14.9. The van der Waals surface area contributed by atoms with E-state index in [4.69, 9.17) is 0 Å². The molecule has 78 heavy (non-hydrogen) atoms. The third kappa shape index (κ3) is 18.5.